The van der Waals surface area contributed by atoms with Crippen LogP contribution < -0.4 is 11.4 Å². The van der Waals surface area contributed by atoms with Gasteiger partial charge in [0, 0.05) is 6.07 Å². The van der Waals surface area contributed by atoms with Crippen molar-refractivity contribution in [1.82, 2.24) is 5.16 Å². The van der Waals surface area contributed by atoms with Crippen molar-refractivity contribution in [3.05, 3.63) is 58.1 Å². The lowest BCUT2D eigenvalue weighted by Gasteiger charge is -2.07. The van der Waals surface area contributed by atoms with E-state index in [1.807, 2.05) is 30.3 Å². The third-order valence-electron chi connectivity index (χ3n) is 2.24. The molecule has 78 valence electrons. The predicted molar refractivity (Wildman–Crippen MR) is 56.4 cm³/mol. The van der Waals surface area contributed by atoms with Gasteiger partial charge in [-0.25, -0.2) is 9.95 Å². The van der Waals surface area contributed by atoms with Crippen LogP contribution in [0.3, 0.4) is 0 Å². The van der Waals surface area contributed by atoms with Crippen LogP contribution in [0.15, 0.2) is 45.7 Å². The number of benzene rings is 1. The Morgan fingerprint density at radius 2 is 2.07 bits per heavy atom. The highest BCUT2D eigenvalue weighted by Crippen LogP contribution is 2.12. The molecular formula is C11H12N2O2. The molecule has 1 aromatic heterocycles. The molecule has 4 nitrogen and oxygen atoms in total. The van der Waals surface area contributed by atoms with E-state index in [1.54, 1.807) is 0 Å². The molecule has 0 saturated heterocycles. The zero-order chi connectivity index (χ0) is 10.7. The van der Waals surface area contributed by atoms with Crippen LogP contribution in [0.25, 0.3) is 0 Å². The molecule has 1 heterocycles. The molecule has 2 aromatic rings. The molecule has 0 aliphatic rings. The lowest BCUT2D eigenvalue weighted by molar-refractivity contribution is 0.380. The molecule has 0 spiro atoms. The average Bonchev–Trinajstić information content (AvgIpc) is 2.66. The van der Waals surface area contributed by atoms with Gasteiger partial charge in [0.25, 0.3) is 0 Å². The number of aromatic nitrogens is 1. The molecule has 1 unspecified atom stereocenters. The molecular weight excluding hydrogens is 192 g/mol. The highest BCUT2D eigenvalue weighted by atomic mass is 16.5. The van der Waals surface area contributed by atoms with Gasteiger partial charge in [-0.1, -0.05) is 30.3 Å². The topological polar surface area (TPSA) is 72.0 Å². The van der Waals surface area contributed by atoms with Gasteiger partial charge in [0.05, 0.1) is 11.7 Å². The van der Waals surface area contributed by atoms with Gasteiger partial charge in [0.2, 0.25) is 0 Å². The first kappa shape index (κ1) is 9.73. The Morgan fingerprint density at radius 1 is 1.33 bits per heavy atom. The van der Waals surface area contributed by atoms with Gasteiger partial charge in [-0.3, -0.25) is 0 Å². The normalized spacial score (nSPS) is 12.6. The number of nitrogens with two attached hydrogens (primary N) is 1. The van der Waals surface area contributed by atoms with E-state index in [0.29, 0.717) is 12.1 Å². The third-order valence-corrected chi connectivity index (χ3v) is 2.24. The molecule has 3 N–H and O–H groups in total. The van der Waals surface area contributed by atoms with E-state index in [-0.39, 0.29) is 6.04 Å². The van der Waals surface area contributed by atoms with E-state index in [9.17, 15) is 4.79 Å². The second kappa shape index (κ2) is 4.14. The van der Waals surface area contributed by atoms with E-state index in [0.717, 1.165) is 5.56 Å². The third kappa shape index (κ3) is 2.35. The Bertz CT molecular complexity index is 473. The van der Waals surface area contributed by atoms with Crippen molar-refractivity contribution in [2.24, 2.45) is 5.73 Å². The highest BCUT2D eigenvalue weighted by molar-refractivity contribution is 5.18. The van der Waals surface area contributed by atoms with E-state index >= 15 is 0 Å². The molecule has 15 heavy (non-hydrogen) atoms. The fraction of sp³-hybridized carbons (Fsp3) is 0.182. The molecule has 0 fully saturated rings. The minimum atomic E-state index is -0.395. The van der Waals surface area contributed by atoms with Crippen molar-refractivity contribution < 1.29 is 4.52 Å². The van der Waals surface area contributed by atoms with Gasteiger partial charge in [-0.15, -0.1) is 0 Å². The van der Waals surface area contributed by atoms with Crippen molar-refractivity contribution >= 4 is 0 Å². The summed E-state index contributed by atoms with van der Waals surface area (Å²) in [6, 6.07) is 11.0. The van der Waals surface area contributed by atoms with Crippen LogP contribution in [-0.4, -0.2) is 5.16 Å². The van der Waals surface area contributed by atoms with Crippen LogP contribution in [0.2, 0.25) is 0 Å². The number of aromatic amines is 1. The number of hydrogen-bond acceptors (Lipinski definition) is 3. The summed E-state index contributed by atoms with van der Waals surface area (Å²) in [7, 11) is 0. The summed E-state index contributed by atoms with van der Waals surface area (Å²) in [5, 5.41) is 2.51. The summed E-state index contributed by atoms with van der Waals surface area (Å²) in [5.74, 6) is 0. The fourth-order valence-electron chi connectivity index (χ4n) is 1.46. The zero-order valence-electron chi connectivity index (χ0n) is 8.14. The maximum Gasteiger partial charge on any atom is 0.357 e. The molecule has 1 atom stereocenters. The quantitative estimate of drug-likeness (QED) is 0.789. The van der Waals surface area contributed by atoms with Crippen LogP contribution in [0.5, 0.6) is 0 Å². The van der Waals surface area contributed by atoms with Gasteiger partial charge in [0.15, 0.2) is 0 Å². The first-order valence-corrected chi connectivity index (χ1v) is 4.73. The second-order valence-corrected chi connectivity index (χ2v) is 3.42. The van der Waals surface area contributed by atoms with Crippen LogP contribution in [-0.2, 0) is 6.42 Å². The van der Waals surface area contributed by atoms with Gasteiger partial charge in [-0.2, -0.15) is 0 Å². The van der Waals surface area contributed by atoms with Gasteiger partial charge < -0.3 is 10.3 Å². The summed E-state index contributed by atoms with van der Waals surface area (Å²) in [6.45, 7) is 0. The second-order valence-electron chi connectivity index (χ2n) is 3.42. The average molecular weight is 204 g/mol. The summed E-state index contributed by atoms with van der Waals surface area (Å²) in [5.41, 5.74) is 7.28. The first-order valence-electron chi connectivity index (χ1n) is 4.73. The summed E-state index contributed by atoms with van der Waals surface area (Å²) < 4.78 is 4.56. The Hall–Kier alpha value is -1.81. The van der Waals surface area contributed by atoms with Crippen LogP contribution >= 0.6 is 0 Å². The summed E-state index contributed by atoms with van der Waals surface area (Å²) in [4.78, 5) is 10.8. The molecule has 0 saturated carbocycles. The van der Waals surface area contributed by atoms with Crippen LogP contribution in [0, 0.1) is 0 Å². The Labute approximate surface area is 86.7 Å². The molecule has 0 amide bonds. The monoisotopic (exact) mass is 204 g/mol. The molecule has 0 aliphatic heterocycles. The summed E-state index contributed by atoms with van der Waals surface area (Å²) >= 11 is 0. The highest BCUT2D eigenvalue weighted by Gasteiger charge is 2.09. The summed E-state index contributed by atoms with van der Waals surface area (Å²) in [6.07, 6.45) is 0.677. The van der Waals surface area contributed by atoms with E-state index in [2.05, 4.69) is 9.68 Å². The molecule has 1 aromatic carbocycles. The lowest BCUT2D eigenvalue weighted by Crippen LogP contribution is -2.13. The Morgan fingerprint density at radius 3 is 2.67 bits per heavy atom. The Kier molecular flexibility index (Phi) is 2.69. The number of H-pyrrole nitrogens is 1. The zero-order valence-corrected chi connectivity index (χ0v) is 8.14. The number of rotatable bonds is 3. The molecule has 0 aliphatic carbocycles. The van der Waals surface area contributed by atoms with E-state index in [1.165, 1.54) is 6.07 Å². The van der Waals surface area contributed by atoms with Gasteiger partial charge >= 0.3 is 5.63 Å². The minimum absolute atomic E-state index is 0.237. The fourth-order valence-corrected chi connectivity index (χ4v) is 1.46. The first-order chi connectivity index (χ1) is 7.25. The number of hydrogen-bond donors (Lipinski definition) is 2. The van der Waals surface area contributed by atoms with Crippen LogP contribution in [0.4, 0.5) is 0 Å². The lowest BCUT2D eigenvalue weighted by atomic mass is 10.0. The van der Waals surface area contributed by atoms with Crippen molar-refractivity contribution in [2.75, 3.05) is 0 Å². The molecule has 0 radical (unpaired) electrons. The van der Waals surface area contributed by atoms with Gasteiger partial charge in [-0.05, 0) is 12.0 Å². The van der Waals surface area contributed by atoms with Crippen molar-refractivity contribution in [3.63, 3.8) is 0 Å². The van der Waals surface area contributed by atoms with Crippen molar-refractivity contribution in [2.45, 2.75) is 12.5 Å². The van der Waals surface area contributed by atoms with Crippen molar-refractivity contribution in [3.8, 4) is 0 Å². The minimum Gasteiger partial charge on any atom is -0.339 e. The SMILES string of the molecule is NC(Cc1ccccc1)c1cc(=O)o[nH]1. The maximum absolute atomic E-state index is 10.8. The molecule has 4 heteroatoms. The van der Waals surface area contributed by atoms with E-state index in [4.69, 9.17) is 5.73 Å². The Balaban J connectivity index is 2.10. The molecule has 2 rings (SSSR count). The largest absolute Gasteiger partial charge is 0.357 e. The van der Waals surface area contributed by atoms with Gasteiger partial charge in [0.1, 0.15) is 0 Å². The number of nitrogens with one attached hydrogen (secondary N) is 1. The van der Waals surface area contributed by atoms with Crippen LogP contribution in [0.1, 0.15) is 17.3 Å². The standard InChI is InChI=1S/C11H12N2O2/c12-9(10-7-11(14)15-13-10)6-8-4-2-1-3-5-8/h1-5,7,9,13H,6,12H2. The van der Waals surface area contributed by atoms with E-state index < -0.39 is 5.63 Å². The smallest absolute Gasteiger partial charge is 0.339 e. The predicted octanol–water partition coefficient (Wildman–Crippen LogP) is 1.21. The molecule has 0 bridgehead atoms. The van der Waals surface area contributed by atoms with Crippen molar-refractivity contribution in [1.29, 1.82) is 0 Å². The maximum atomic E-state index is 10.8.